The Morgan fingerprint density at radius 1 is 1.45 bits per heavy atom. The average molecular weight is 338 g/mol. The number of carbonyl (C=O) groups is 1. The molecule has 2 N–H and O–H groups in total. The topological polar surface area (TPSA) is 62.2 Å². The second kappa shape index (κ2) is 7.44. The van der Waals surface area contributed by atoms with Gasteiger partial charge in [0, 0.05) is 6.54 Å². The molecule has 0 saturated heterocycles. The Bertz CT molecular complexity index is 605. The molecule has 0 radical (unpaired) electrons. The van der Waals surface area contributed by atoms with Crippen LogP contribution in [0, 0.1) is 5.41 Å². The van der Waals surface area contributed by atoms with Crippen molar-refractivity contribution < 1.29 is 9.90 Å². The number of thioether (sulfide) groups is 1. The maximum atomic E-state index is 11.9. The smallest absolute Gasteiger partial charge is 0.230 e. The summed E-state index contributed by atoms with van der Waals surface area (Å²) in [5.41, 5.74) is 0.873. The van der Waals surface area contributed by atoms with Crippen LogP contribution in [-0.4, -0.2) is 34.4 Å². The van der Waals surface area contributed by atoms with Crippen molar-refractivity contribution in [2.24, 2.45) is 5.41 Å². The van der Waals surface area contributed by atoms with Gasteiger partial charge in [0.05, 0.1) is 22.1 Å². The van der Waals surface area contributed by atoms with Crippen LogP contribution in [-0.2, 0) is 4.79 Å². The number of aliphatic hydroxyl groups excluding tert-OH is 1. The lowest BCUT2D eigenvalue weighted by atomic mass is 9.87. The van der Waals surface area contributed by atoms with E-state index < -0.39 is 0 Å². The Morgan fingerprint density at radius 3 is 2.86 bits per heavy atom. The fourth-order valence-electron chi connectivity index (χ4n) is 2.30. The number of fused-ring (bicyclic) bond motifs is 1. The quantitative estimate of drug-likeness (QED) is 0.761. The van der Waals surface area contributed by atoms with E-state index in [-0.39, 0.29) is 17.4 Å². The van der Waals surface area contributed by atoms with E-state index in [2.05, 4.69) is 10.3 Å². The molecule has 1 heterocycles. The van der Waals surface area contributed by atoms with E-state index in [9.17, 15) is 9.90 Å². The van der Waals surface area contributed by atoms with Gasteiger partial charge in [0.1, 0.15) is 0 Å². The van der Waals surface area contributed by atoms with Crippen molar-refractivity contribution in [1.82, 2.24) is 10.3 Å². The number of carbonyl (C=O) groups excluding carboxylic acids is 1. The van der Waals surface area contributed by atoms with Crippen molar-refractivity contribution in [1.29, 1.82) is 0 Å². The fraction of sp³-hybridized carbons (Fsp3) is 0.500. The molecule has 0 bridgehead atoms. The summed E-state index contributed by atoms with van der Waals surface area (Å²) in [6.07, 6.45) is 0.308. The Kier molecular flexibility index (Phi) is 5.83. The van der Waals surface area contributed by atoms with Gasteiger partial charge in [-0.25, -0.2) is 4.98 Å². The number of hydrogen-bond donors (Lipinski definition) is 2. The lowest BCUT2D eigenvalue weighted by Crippen LogP contribution is -2.36. The molecule has 1 amide bonds. The normalized spacial score (nSPS) is 13.3. The largest absolute Gasteiger partial charge is 0.393 e. The first kappa shape index (κ1) is 17.2. The average Bonchev–Trinajstić information content (AvgIpc) is 2.84. The number of nitrogens with zero attached hydrogens (tertiary/aromatic N) is 1. The maximum absolute atomic E-state index is 11.9. The highest BCUT2D eigenvalue weighted by atomic mass is 32.2. The summed E-state index contributed by atoms with van der Waals surface area (Å²) in [5.74, 6) is 0.368. The maximum Gasteiger partial charge on any atom is 0.230 e. The van der Waals surface area contributed by atoms with Gasteiger partial charge in [0.15, 0.2) is 4.34 Å². The van der Waals surface area contributed by atoms with Crippen LogP contribution in [0.5, 0.6) is 0 Å². The van der Waals surface area contributed by atoms with Gasteiger partial charge in [-0.15, -0.1) is 11.3 Å². The van der Waals surface area contributed by atoms with E-state index in [0.29, 0.717) is 18.7 Å². The van der Waals surface area contributed by atoms with E-state index in [1.807, 2.05) is 38.1 Å². The molecule has 0 spiro atoms. The minimum absolute atomic E-state index is 0.00271. The van der Waals surface area contributed by atoms with Gasteiger partial charge in [-0.2, -0.15) is 0 Å². The lowest BCUT2D eigenvalue weighted by Gasteiger charge is -2.26. The number of thiazole rings is 1. The van der Waals surface area contributed by atoms with Crippen molar-refractivity contribution >= 4 is 39.2 Å². The molecule has 1 unspecified atom stereocenters. The van der Waals surface area contributed by atoms with Crippen LogP contribution in [0.1, 0.15) is 27.2 Å². The monoisotopic (exact) mass is 338 g/mol. The Hall–Kier alpha value is -1.11. The zero-order valence-electron chi connectivity index (χ0n) is 13.1. The second-order valence-corrected chi connectivity index (χ2v) is 8.48. The minimum Gasteiger partial charge on any atom is -0.393 e. The summed E-state index contributed by atoms with van der Waals surface area (Å²) in [7, 11) is 0. The second-order valence-electron chi connectivity index (χ2n) is 6.23. The van der Waals surface area contributed by atoms with Crippen LogP contribution in [0.15, 0.2) is 28.6 Å². The highest BCUT2D eigenvalue weighted by Gasteiger charge is 2.21. The number of amides is 1. The third-order valence-corrected chi connectivity index (χ3v) is 5.39. The molecule has 4 nitrogen and oxygen atoms in total. The number of benzene rings is 1. The standard InChI is InChI=1S/C16H22N2O2S2/c1-11(19)8-16(2,3)10-17-14(20)9-21-15-18-12-6-4-5-7-13(12)22-15/h4-7,11,19H,8-10H2,1-3H3,(H,17,20). The first-order valence-electron chi connectivity index (χ1n) is 7.29. The highest BCUT2D eigenvalue weighted by molar-refractivity contribution is 8.01. The summed E-state index contributed by atoms with van der Waals surface area (Å²) in [5, 5.41) is 12.4. The molecule has 0 aliphatic heterocycles. The van der Waals surface area contributed by atoms with Crippen LogP contribution < -0.4 is 5.32 Å². The number of para-hydroxylation sites is 1. The van der Waals surface area contributed by atoms with Gasteiger partial charge in [-0.1, -0.05) is 37.7 Å². The summed E-state index contributed by atoms with van der Waals surface area (Å²) >= 11 is 3.07. The molecule has 1 aromatic heterocycles. The van der Waals surface area contributed by atoms with Crippen molar-refractivity contribution in [3.63, 3.8) is 0 Å². The van der Waals surface area contributed by atoms with E-state index in [0.717, 1.165) is 14.6 Å². The number of nitrogens with one attached hydrogen (secondary N) is 1. The molecule has 6 heteroatoms. The molecule has 1 atom stereocenters. The zero-order chi connectivity index (χ0) is 16.2. The molecule has 2 rings (SSSR count). The first-order chi connectivity index (χ1) is 10.4. The lowest BCUT2D eigenvalue weighted by molar-refractivity contribution is -0.119. The summed E-state index contributed by atoms with van der Waals surface area (Å²) < 4.78 is 2.06. The predicted octanol–water partition coefficient (Wildman–Crippen LogP) is 3.30. The van der Waals surface area contributed by atoms with Crippen molar-refractivity contribution in [2.45, 2.75) is 37.6 Å². The fourth-order valence-corrected chi connectivity index (χ4v) is 4.20. The molecule has 0 fully saturated rings. The third-order valence-electron chi connectivity index (χ3n) is 3.21. The van der Waals surface area contributed by atoms with Gasteiger partial charge >= 0.3 is 0 Å². The van der Waals surface area contributed by atoms with E-state index >= 15 is 0 Å². The third kappa shape index (κ3) is 5.26. The van der Waals surface area contributed by atoms with Gasteiger partial charge in [-0.05, 0) is 30.9 Å². The van der Waals surface area contributed by atoms with Gasteiger partial charge in [-0.3, -0.25) is 4.79 Å². The van der Waals surface area contributed by atoms with Gasteiger partial charge < -0.3 is 10.4 Å². The summed E-state index contributed by atoms with van der Waals surface area (Å²) in [6, 6.07) is 7.98. The first-order valence-corrected chi connectivity index (χ1v) is 9.09. The number of aliphatic hydroxyl groups is 1. The van der Waals surface area contributed by atoms with Crippen molar-refractivity contribution in [2.75, 3.05) is 12.3 Å². The van der Waals surface area contributed by atoms with Gasteiger partial charge in [0.25, 0.3) is 0 Å². The molecule has 22 heavy (non-hydrogen) atoms. The predicted molar refractivity (Wildman–Crippen MR) is 93.4 cm³/mol. The Labute approximate surface area is 139 Å². The van der Waals surface area contributed by atoms with Crippen molar-refractivity contribution in [3.8, 4) is 0 Å². The molecular formula is C16H22N2O2S2. The highest BCUT2D eigenvalue weighted by Crippen LogP contribution is 2.29. The van der Waals surface area contributed by atoms with Crippen molar-refractivity contribution in [3.05, 3.63) is 24.3 Å². The zero-order valence-corrected chi connectivity index (χ0v) is 14.8. The molecular weight excluding hydrogens is 316 g/mol. The van der Waals surface area contributed by atoms with Gasteiger partial charge in [0.2, 0.25) is 5.91 Å². The summed E-state index contributed by atoms with van der Waals surface area (Å²) in [6.45, 7) is 6.42. The van der Waals surface area contributed by atoms with E-state index in [1.165, 1.54) is 11.8 Å². The Balaban J connectivity index is 1.80. The van der Waals surface area contributed by atoms with Crippen LogP contribution in [0.3, 0.4) is 0 Å². The molecule has 0 aliphatic carbocycles. The van der Waals surface area contributed by atoms with Crippen LogP contribution >= 0.6 is 23.1 Å². The minimum atomic E-state index is -0.357. The molecule has 120 valence electrons. The number of rotatable bonds is 7. The van der Waals surface area contributed by atoms with E-state index in [4.69, 9.17) is 0 Å². The van der Waals surface area contributed by atoms with Crippen LogP contribution in [0.4, 0.5) is 0 Å². The number of hydrogen-bond acceptors (Lipinski definition) is 5. The number of aromatic nitrogens is 1. The van der Waals surface area contributed by atoms with Crippen LogP contribution in [0.25, 0.3) is 10.2 Å². The molecule has 0 aliphatic rings. The Morgan fingerprint density at radius 2 is 2.18 bits per heavy atom. The summed E-state index contributed by atoms with van der Waals surface area (Å²) in [4.78, 5) is 16.4. The molecule has 2 aromatic rings. The molecule has 1 aromatic carbocycles. The molecule has 0 saturated carbocycles. The van der Waals surface area contributed by atoms with Crippen LogP contribution in [0.2, 0.25) is 0 Å². The van der Waals surface area contributed by atoms with E-state index in [1.54, 1.807) is 18.3 Å². The SMILES string of the molecule is CC(O)CC(C)(C)CNC(=O)CSc1nc2ccccc2s1.